The van der Waals surface area contributed by atoms with Crippen molar-refractivity contribution >= 4 is 45.6 Å². The SMILES string of the molecule is CCN(CC)c1cc2cnc(Nc3ccc(N(C)C4CCNCC4)cc3)nc2n(C2Cc3ccccc3NC2=O)c1=O. The maximum atomic E-state index is 14.1. The number of fused-ring (bicyclic) bond motifs is 2. The Labute approximate surface area is 245 Å². The summed E-state index contributed by atoms with van der Waals surface area (Å²) in [6.07, 6.45) is 4.38. The summed E-state index contributed by atoms with van der Waals surface area (Å²) in [6, 6.07) is 17.6. The topological polar surface area (TPSA) is 107 Å². The zero-order chi connectivity index (χ0) is 29.2. The highest BCUT2D eigenvalue weighted by Gasteiger charge is 2.31. The molecule has 2 aliphatic rings. The van der Waals surface area contributed by atoms with Gasteiger partial charge in [-0.25, -0.2) is 4.98 Å². The molecular formula is C32H38N8O2. The molecule has 10 nitrogen and oxygen atoms in total. The Morgan fingerprint density at radius 1 is 1.02 bits per heavy atom. The van der Waals surface area contributed by atoms with Crippen molar-refractivity contribution in [3.8, 4) is 0 Å². The summed E-state index contributed by atoms with van der Waals surface area (Å²) in [6.45, 7) is 7.45. The summed E-state index contributed by atoms with van der Waals surface area (Å²) in [5.41, 5.74) is 4.50. The van der Waals surface area contributed by atoms with Crippen LogP contribution in [0.25, 0.3) is 11.0 Å². The lowest BCUT2D eigenvalue weighted by molar-refractivity contribution is -0.119. The molecule has 2 aromatic carbocycles. The van der Waals surface area contributed by atoms with Crippen molar-refractivity contribution in [1.82, 2.24) is 19.9 Å². The van der Waals surface area contributed by atoms with E-state index in [4.69, 9.17) is 4.98 Å². The van der Waals surface area contributed by atoms with Gasteiger partial charge in [-0.2, -0.15) is 4.98 Å². The molecule has 3 N–H and O–H groups in total. The summed E-state index contributed by atoms with van der Waals surface area (Å²) in [5.74, 6) is 0.137. The molecule has 1 saturated heterocycles. The third-order valence-electron chi connectivity index (χ3n) is 8.55. The minimum absolute atomic E-state index is 0.227. The number of carbonyl (C=O) groups is 1. The monoisotopic (exact) mass is 566 g/mol. The summed E-state index contributed by atoms with van der Waals surface area (Å²) >= 11 is 0. The number of benzene rings is 2. The molecule has 0 bridgehead atoms. The van der Waals surface area contributed by atoms with Gasteiger partial charge in [0.25, 0.3) is 5.56 Å². The van der Waals surface area contributed by atoms with Crippen LogP contribution in [0, 0.1) is 0 Å². The molecule has 0 aliphatic carbocycles. The molecule has 10 heteroatoms. The third-order valence-corrected chi connectivity index (χ3v) is 8.55. The number of hydrogen-bond acceptors (Lipinski definition) is 8. The maximum absolute atomic E-state index is 14.1. The van der Waals surface area contributed by atoms with Gasteiger partial charge >= 0.3 is 0 Å². The zero-order valence-corrected chi connectivity index (χ0v) is 24.4. The Morgan fingerprint density at radius 3 is 2.50 bits per heavy atom. The Morgan fingerprint density at radius 2 is 1.76 bits per heavy atom. The maximum Gasteiger partial charge on any atom is 0.276 e. The van der Waals surface area contributed by atoms with E-state index in [0.717, 1.165) is 48.6 Å². The highest BCUT2D eigenvalue weighted by molar-refractivity contribution is 5.98. The molecule has 218 valence electrons. The molecule has 4 heterocycles. The van der Waals surface area contributed by atoms with E-state index in [2.05, 4.69) is 45.0 Å². The van der Waals surface area contributed by atoms with E-state index in [1.54, 1.807) is 10.8 Å². The number of nitrogens with zero attached hydrogens (tertiary/aromatic N) is 5. The van der Waals surface area contributed by atoms with Gasteiger partial charge in [0.2, 0.25) is 11.9 Å². The first-order valence-corrected chi connectivity index (χ1v) is 14.8. The predicted octanol–water partition coefficient (Wildman–Crippen LogP) is 4.31. The Balaban J connectivity index is 1.36. The minimum atomic E-state index is -0.738. The molecule has 42 heavy (non-hydrogen) atoms. The van der Waals surface area contributed by atoms with Crippen molar-refractivity contribution < 1.29 is 4.79 Å². The van der Waals surface area contributed by atoms with Crippen LogP contribution in [0.2, 0.25) is 0 Å². The Kier molecular flexibility index (Phi) is 7.80. The van der Waals surface area contributed by atoms with E-state index in [1.165, 1.54) is 0 Å². The molecule has 0 radical (unpaired) electrons. The number of aromatic nitrogens is 3. The van der Waals surface area contributed by atoms with E-state index in [0.29, 0.717) is 48.2 Å². The largest absolute Gasteiger partial charge is 0.372 e. The molecule has 2 aromatic heterocycles. The fourth-order valence-electron chi connectivity index (χ4n) is 6.11. The fraction of sp³-hybridized carbons (Fsp3) is 0.375. The number of nitrogens with one attached hydrogen (secondary N) is 3. The van der Waals surface area contributed by atoms with Gasteiger partial charge in [-0.3, -0.25) is 14.2 Å². The summed E-state index contributed by atoms with van der Waals surface area (Å²) < 4.78 is 1.55. The highest BCUT2D eigenvalue weighted by Crippen LogP contribution is 2.31. The number of anilines is 5. The second-order valence-corrected chi connectivity index (χ2v) is 11.0. The van der Waals surface area contributed by atoms with Crippen molar-refractivity contribution in [3.63, 3.8) is 0 Å². The van der Waals surface area contributed by atoms with Crippen molar-refractivity contribution in [2.24, 2.45) is 0 Å². The Hall–Kier alpha value is -4.44. The van der Waals surface area contributed by atoms with Crippen LogP contribution in [0.5, 0.6) is 0 Å². The van der Waals surface area contributed by atoms with Crippen LogP contribution < -0.4 is 31.3 Å². The molecule has 4 aromatic rings. The number of pyridine rings is 1. The van der Waals surface area contributed by atoms with Gasteiger partial charge in [-0.15, -0.1) is 0 Å². The lowest BCUT2D eigenvalue weighted by Crippen LogP contribution is -2.41. The number of para-hydroxylation sites is 1. The number of piperidine rings is 1. The van der Waals surface area contributed by atoms with Gasteiger partial charge < -0.3 is 25.8 Å². The second-order valence-electron chi connectivity index (χ2n) is 11.0. The van der Waals surface area contributed by atoms with Gasteiger partial charge in [0.15, 0.2) is 0 Å². The van der Waals surface area contributed by atoms with Gasteiger partial charge in [0.05, 0.1) is 0 Å². The molecule has 6 rings (SSSR count). The first-order chi connectivity index (χ1) is 20.5. The summed E-state index contributed by atoms with van der Waals surface area (Å²) in [5, 5.41) is 10.4. The van der Waals surface area contributed by atoms with Crippen molar-refractivity contribution in [2.45, 2.75) is 45.2 Å². The smallest absolute Gasteiger partial charge is 0.276 e. The van der Waals surface area contributed by atoms with Gasteiger partial charge in [0.1, 0.15) is 17.4 Å². The number of rotatable bonds is 8. The number of amides is 1. The Bertz CT molecular complexity index is 1640. The first kappa shape index (κ1) is 27.7. The molecule has 0 saturated carbocycles. The average Bonchev–Trinajstić information content (AvgIpc) is 3.02. The minimum Gasteiger partial charge on any atom is -0.372 e. The number of hydrogen-bond donors (Lipinski definition) is 3. The van der Waals surface area contributed by atoms with Crippen LogP contribution in [0.3, 0.4) is 0 Å². The molecule has 1 fully saturated rings. The van der Waals surface area contributed by atoms with Crippen LogP contribution in [0.1, 0.15) is 38.3 Å². The molecule has 2 aliphatic heterocycles. The van der Waals surface area contributed by atoms with Crippen LogP contribution in [0.4, 0.5) is 28.7 Å². The van der Waals surface area contributed by atoms with Crippen molar-refractivity contribution in [3.05, 3.63) is 76.7 Å². The lowest BCUT2D eigenvalue weighted by atomic mass is 9.98. The lowest BCUT2D eigenvalue weighted by Gasteiger charge is -2.33. The molecule has 1 unspecified atom stereocenters. The average molecular weight is 567 g/mol. The van der Waals surface area contributed by atoms with Crippen molar-refractivity contribution in [2.75, 3.05) is 53.7 Å². The number of carbonyl (C=O) groups excluding carboxylic acids is 1. The summed E-state index contributed by atoms with van der Waals surface area (Å²) in [7, 11) is 2.15. The standard InChI is InChI=1S/C32H38N8O2/c1-4-39(5-2)28-19-22-20-34-32(35-23-10-12-24(13-11-23)38(3)25-14-16-33-17-15-25)37-29(22)40(31(28)42)27-18-21-8-6-7-9-26(21)36-30(27)41/h6-13,19-20,25,27,33H,4-5,14-18H2,1-3H3,(H,36,41)(H,34,35,37). The molecule has 0 spiro atoms. The first-order valence-electron chi connectivity index (χ1n) is 14.8. The third kappa shape index (κ3) is 5.30. The normalized spacial score (nSPS) is 17.0. The van der Waals surface area contributed by atoms with E-state index >= 15 is 0 Å². The van der Waals surface area contributed by atoms with Crippen LogP contribution in [-0.2, 0) is 11.2 Å². The van der Waals surface area contributed by atoms with Gasteiger partial charge in [-0.05, 0) is 81.7 Å². The van der Waals surface area contributed by atoms with E-state index < -0.39 is 6.04 Å². The predicted molar refractivity (Wildman–Crippen MR) is 169 cm³/mol. The van der Waals surface area contributed by atoms with Gasteiger partial charge in [0, 0.05) is 61.2 Å². The quantitative estimate of drug-likeness (QED) is 0.290. The van der Waals surface area contributed by atoms with Gasteiger partial charge in [-0.1, -0.05) is 18.2 Å². The van der Waals surface area contributed by atoms with Crippen LogP contribution in [0.15, 0.2) is 65.6 Å². The summed E-state index contributed by atoms with van der Waals surface area (Å²) in [4.78, 5) is 41.2. The van der Waals surface area contributed by atoms with E-state index in [1.807, 2.05) is 61.2 Å². The van der Waals surface area contributed by atoms with Crippen LogP contribution >= 0.6 is 0 Å². The van der Waals surface area contributed by atoms with Crippen molar-refractivity contribution in [1.29, 1.82) is 0 Å². The fourth-order valence-corrected chi connectivity index (χ4v) is 6.11. The second kappa shape index (κ2) is 11.8. The highest BCUT2D eigenvalue weighted by atomic mass is 16.2. The zero-order valence-electron chi connectivity index (χ0n) is 24.4. The van der Waals surface area contributed by atoms with E-state index in [-0.39, 0.29) is 11.5 Å². The molecule has 1 atom stereocenters. The molecular weight excluding hydrogens is 528 g/mol. The molecule has 1 amide bonds. The van der Waals surface area contributed by atoms with E-state index in [9.17, 15) is 9.59 Å². The van der Waals surface area contributed by atoms with Crippen LogP contribution in [-0.4, -0.2) is 59.7 Å².